The minimum atomic E-state index is -0.248. The van der Waals surface area contributed by atoms with Crippen LogP contribution in [0.3, 0.4) is 0 Å². The van der Waals surface area contributed by atoms with Gasteiger partial charge in [0.1, 0.15) is 0 Å². The largest absolute Gasteiger partial charge is 0.334 e. The molecule has 0 radical (unpaired) electrons. The van der Waals surface area contributed by atoms with Crippen LogP contribution in [-0.4, -0.2) is 18.6 Å². The van der Waals surface area contributed by atoms with Crippen LogP contribution in [0.25, 0.3) is 0 Å². The lowest BCUT2D eigenvalue weighted by Gasteiger charge is -2.16. The molecule has 0 aliphatic heterocycles. The fraction of sp³-hybridized carbons (Fsp3) is 0.385. The highest BCUT2D eigenvalue weighted by atomic mass is 16.2. The van der Waals surface area contributed by atoms with Gasteiger partial charge in [-0.1, -0.05) is 0 Å². The van der Waals surface area contributed by atoms with Crippen molar-refractivity contribution in [2.24, 2.45) is 11.7 Å². The van der Waals surface area contributed by atoms with E-state index in [1.54, 1.807) is 24.3 Å². The second-order valence-corrected chi connectivity index (χ2v) is 4.47. The Balaban J connectivity index is 1.88. The van der Waals surface area contributed by atoms with Gasteiger partial charge in [0, 0.05) is 18.3 Å². The Morgan fingerprint density at radius 2 is 2.11 bits per heavy atom. The Bertz CT molecular complexity index is 459. The van der Waals surface area contributed by atoms with E-state index in [9.17, 15) is 4.79 Å². The van der Waals surface area contributed by atoms with Crippen molar-refractivity contribution in [1.29, 1.82) is 5.26 Å². The summed E-state index contributed by atoms with van der Waals surface area (Å²) in [6.07, 6.45) is 2.28. The van der Waals surface area contributed by atoms with E-state index in [0.717, 1.165) is 12.8 Å². The van der Waals surface area contributed by atoms with Gasteiger partial charge in [-0.3, -0.25) is 0 Å². The summed E-state index contributed by atoms with van der Waals surface area (Å²) in [7, 11) is 0. The summed E-state index contributed by atoms with van der Waals surface area (Å²) in [6, 6.07) is 8.57. The van der Waals surface area contributed by atoms with Gasteiger partial charge in [-0.2, -0.15) is 5.26 Å². The molecule has 1 fully saturated rings. The fourth-order valence-corrected chi connectivity index (χ4v) is 1.83. The van der Waals surface area contributed by atoms with E-state index >= 15 is 0 Å². The lowest BCUT2D eigenvalue weighted by Crippen LogP contribution is -2.43. The first-order chi connectivity index (χ1) is 8.72. The first-order valence-corrected chi connectivity index (χ1v) is 6.00. The molecule has 94 valence electrons. The maximum absolute atomic E-state index is 11.7. The van der Waals surface area contributed by atoms with Crippen LogP contribution in [0, 0.1) is 17.2 Å². The van der Waals surface area contributed by atoms with E-state index in [-0.39, 0.29) is 12.1 Å². The van der Waals surface area contributed by atoms with Crippen LogP contribution >= 0.6 is 0 Å². The topological polar surface area (TPSA) is 90.9 Å². The number of benzene rings is 1. The molecular weight excluding hydrogens is 228 g/mol. The number of hydrogen-bond donors (Lipinski definition) is 3. The Hall–Kier alpha value is -2.06. The number of nitriles is 1. The predicted molar refractivity (Wildman–Crippen MR) is 68.9 cm³/mol. The number of rotatable bonds is 4. The van der Waals surface area contributed by atoms with Gasteiger partial charge in [0.2, 0.25) is 0 Å². The van der Waals surface area contributed by atoms with Gasteiger partial charge in [-0.05, 0) is 43.0 Å². The monoisotopic (exact) mass is 244 g/mol. The molecule has 0 heterocycles. The number of carbonyl (C=O) groups excluding carboxylic acids is 1. The summed E-state index contributed by atoms with van der Waals surface area (Å²) in [5.41, 5.74) is 6.85. The molecule has 18 heavy (non-hydrogen) atoms. The van der Waals surface area contributed by atoms with E-state index in [4.69, 9.17) is 11.0 Å². The van der Waals surface area contributed by atoms with Gasteiger partial charge in [0.15, 0.2) is 0 Å². The zero-order chi connectivity index (χ0) is 13.0. The van der Waals surface area contributed by atoms with E-state index in [1.807, 2.05) is 6.07 Å². The van der Waals surface area contributed by atoms with Crippen molar-refractivity contribution in [3.05, 3.63) is 29.8 Å². The van der Waals surface area contributed by atoms with Gasteiger partial charge in [0.05, 0.1) is 11.6 Å². The van der Waals surface area contributed by atoms with Gasteiger partial charge in [-0.15, -0.1) is 0 Å². The Kier molecular flexibility index (Phi) is 3.80. The minimum absolute atomic E-state index is 0.0587. The van der Waals surface area contributed by atoms with Crippen molar-refractivity contribution in [2.45, 2.75) is 18.9 Å². The van der Waals surface area contributed by atoms with Crippen LogP contribution in [0.5, 0.6) is 0 Å². The van der Waals surface area contributed by atoms with Crippen LogP contribution in [0.2, 0.25) is 0 Å². The van der Waals surface area contributed by atoms with Gasteiger partial charge >= 0.3 is 6.03 Å². The van der Waals surface area contributed by atoms with Crippen molar-refractivity contribution in [2.75, 3.05) is 11.9 Å². The average molecular weight is 244 g/mol. The highest BCUT2D eigenvalue weighted by Gasteiger charge is 2.31. The molecule has 1 atom stereocenters. The molecule has 0 spiro atoms. The number of nitrogens with one attached hydrogen (secondary N) is 2. The summed E-state index contributed by atoms with van der Waals surface area (Å²) in [5.74, 6) is 0.529. The molecule has 1 saturated carbocycles. The van der Waals surface area contributed by atoms with Crippen LogP contribution in [-0.2, 0) is 0 Å². The molecule has 5 heteroatoms. The van der Waals surface area contributed by atoms with Crippen LogP contribution in [0.1, 0.15) is 18.4 Å². The van der Waals surface area contributed by atoms with E-state index < -0.39 is 0 Å². The number of nitrogens with two attached hydrogens (primary N) is 1. The first kappa shape index (κ1) is 12.4. The zero-order valence-corrected chi connectivity index (χ0v) is 10.0. The maximum atomic E-state index is 11.7. The van der Waals surface area contributed by atoms with Crippen LogP contribution < -0.4 is 16.4 Å². The van der Waals surface area contributed by atoms with Crippen molar-refractivity contribution >= 4 is 11.7 Å². The number of carbonyl (C=O) groups is 1. The molecule has 4 N–H and O–H groups in total. The second kappa shape index (κ2) is 5.52. The highest BCUT2D eigenvalue weighted by molar-refractivity contribution is 5.89. The number of urea groups is 1. The van der Waals surface area contributed by atoms with Crippen LogP contribution in [0.4, 0.5) is 10.5 Å². The molecule has 0 aromatic heterocycles. The highest BCUT2D eigenvalue weighted by Crippen LogP contribution is 2.32. The molecule has 1 aliphatic carbocycles. The molecule has 1 unspecified atom stereocenters. The Labute approximate surface area is 106 Å². The fourth-order valence-electron chi connectivity index (χ4n) is 1.83. The number of anilines is 1. The predicted octanol–water partition coefficient (Wildman–Crippen LogP) is 1.42. The van der Waals surface area contributed by atoms with Crippen molar-refractivity contribution in [1.82, 2.24) is 5.32 Å². The number of hydrogen-bond acceptors (Lipinski definition) is 3. The molecular formula is C13H16N4O. The van der Waals surface area contributed by atoms with Gasteiger partial charge in [-0.25, -0.2) is 4.79 Å². The standard InChI is InChI=1S/C13H16N4O/c14-7-9-1-5-11(6-2-9)16-13(18)17-12(8-15)10-3-4-10/h1-2,5-6,10,12H,3-4,8,15H2,(H2,16,17,18). The summed E-state index contributed by atoms with van der Waals surface area (Å²) in [6.45, 7) is 0.464. The molecule has 2 amide bonds. The zero-order valence-electron chi connectivity index (χ0n) is 10.0. The summed E-state index contributed by atoms with van der Waals surface area (Å²) >= 11 is 0. The minimum Gasteiger partial charge on any atom is -0.334 e. The molecule has 1 aromatic rings. The van der Waals surface area contributed by atoms with Crippen molar-refractivity contribution < 1.29 is 4.79 Å². The normalized spacial score (nSPS) is 15.6. The molecule has 5 nitrogen and oxygen atoms in total. The molecule has 1 aromatic carbocycles. The molecule has 2 rings (SSSR count). The average Bonchev–Trinajstić information content (AvgIpc) is 3.21. The van der Waals surface area contributed by atoms with Crippen molar-refractivity contribution in [3.63, 3.8) is 0 Å². The van der Waals surface area contributed by atoms with Crippen molar-refractivity contribution in [3.8, 4) is 6.07 Å². The molecule has 0 bridgehead atoms. The third-order valence-corrected chi connectivity index (χ3v) is 3.03. The van der Waals surface area contributed by atoms with E-state index in [2.05, 4.69) is 10.6 Å². The third kappa shape index (κ3) is 3.22. The molecule has 0 saturated heterocycles. The summed E-state index contributed by atoms with van der Waals surface area (Å²) in [5, 5.41) is 14.3. The first-order valence-electron chi connectivity index (χ1n) is 6.00. The Morgan fingerprint density at radius 1 is 1.44 bits per heavy atom. The lowest BCUT2D eigenvalue weighted by molar-refractivity contribution is 0.247. The quantitative estimate of drug-likeness (QED) is 0.748. The van der Waals surface area contributed by atoms with Gasteiger partial charge in [0.25, 0.3) is 0 Å². The lowest BCUT2D eigenvalue weighted by atomic mass is 10.2. The number of amides is 2. The summed E-state index contributed by atoms with van der Waals surface area (Å²) < 4.78 is 0. The summed E-state index contributed by atoms with van der Waals surface area (Å²) in [4.78, 5) is 11.7. The second-order valence-electron chi connectivity index (χ2n) is 4.47. The smallest absolute Gasteiger partial charge is 0.319 e. The van der Waals surface area contributed by atoms with E-state index in [1.165, 1.54) is 0 Å². The third-order valence-electron chi connectivity index (χ3n) is 3.03. The number of nitrogens with zero attached hydrogens (tertiary/aromatic N) is 1. The SMILES string of the molecule is N#Cc1ccc(NC(=O)NC(CN)C2CC2)cc1. The van der Waals surface area contributed by atoms with Gasteiger partial charge < -0.3 is 16.4 Å². The Morgan fingerprint density at radius 3 is 2.61 bits per heavy atom. The van der Waals surface area contributed by atoms with Crippen LogP contribution in [0.15, 0.2) is 24.3 Å². The maximum Gasteiger partial charge on any atom is 0.319 e. The molecule has 1 aliphatic rings. The van der Waals surface area contributed by atoms with E-state index in [0.29, 0.717) is 23.7 Å².